The molecule has 0 radical (unpaired) electrons. The van der Waals surface area contributed by atoms with E-state index in [9.17, 15) is 0 Å². The number of oxime groups is 1. The molecule has 3 aromatic carbocycles. The molecule has 0 atom stereocenters. The Morgan fingerprint density at radius 3 is 2.11 bits per heavy atom. The zero-order chi connectivity index (χ0) is 26.2. The number of methoxy groups -OCH3 is 4. The Labute approximate surface area is 222 Å². The van der Waals surface area contributed by atoms with Crippen molar-refractivity contribution in [1.29, 1.82) is 0 Å². The third-order valence-electron chi connectivity index (χ3n) is 5.52. The number of aromatic nitrogens is 1. The number of rotatable bonds is 11. The van der Waals surface area contributed by atoms with Crippen molar-refractivity contribution in [1.82, 2.24) is 4.98 Å². The summed E-state index contributed by atoms with van der Waals surface area (Å²) in [6.45, 7) is 0.434. The second-order valence-electron chi connectivity index (χ2n) is 7.71. The van der Waals surface area contributed by atoms with Crippen LogP contribution in [0.3, 0.4) is 0 Å². The van der Waals surface area contributed by atoms with E-state index in [1.807, 2.05) is 60.7 Å². The van der Waals surface area contributed by atoms with Gasteiger partial charge in [0.25, 0.3) is 0 Å². The molecule has 1 heterocycles. The molecule has 37 heavy (non-hydrogen) atoms. The maximum absolute atomic E-state index is 6.09. The van der Waals surface area contributed by atoms with Crippen LogP contribution < -0.4 is 23.7 Å². The van der Waals surface area contributed by atoms with Crippen LogP contribution >= 0.6 is 0 Å². The van der Waals surface area contributed by atoms with Gasteiger partial charge in [-0.1, -0.05) is 0 Å². The van der Waals surface area contributed by atoms with E-state index in [1.165, 1.54) is 7.11 Å². The Kier molecular flexibility index (Phi) is 8.72. The summed E-state index contributed by atoms with van der Waals surface area (Å²) in [6.07, 6.45) is 0. The molecule has 0 aliphatic rings. The number of hydrogen-bond acceptors (Lipinski definition) is 8. The van der Waals surface area contributed by atoms with Gasteiger partial charge in [0.15, 0.2) is 0 Å². The van der Waals surface area contributed by atoms with Gasteiger partial charge >= 0.3 is 222 Å². The maximum atomic E-state index is 6.09. The second kappa shape index (κ2) is 12.3. The minimum absolute atomic E-state index is 0.0852. The summed E-state index contributed by atoms with van der Waals surface area (Å²) in [5.41, 5.74) is 4.17. The zero-order valence-electron chi connectivity index (χ0n) is 21.3. The van der Waals surface area contributed by atoms with Crippen LogP contribution in [0.4, 0.5) is 0 Å². The first-order chi connectivity index (χ1) is 18.1. The third-order valence-corrected chi connectivity index (χ3v) is 7.31. The molecular weight excluding hydrogens is 539 g/mol. The van der Waals surface area contributed by atoms with Gasteiger partial charge in [0.1, 0.15) is 0 Å². The number of hydrogen-bond donors (Lipinski definition) is 0. The van der Waals surface area contributed by atoms with Crippen LogP contribution in [0.1, 0.15) is 15.7 Å². The molecule has 9 heteroatoms. The van der Waals surface area contributed by atoms with Crippen molar-refractivity contribution in [3.63, 3.8) is 0 Å². The molecule has 0 aliphatic heterocycles. The van der Waals surface area contributed by atoms with Crippen LogP contribution in [-0.2, 0) is 11.4 Å². The quantitative estimate of drug-likeness (QED) is 0.146. The Morgan fingerprint density at radius 2 is 1.49 bits per heavy atom. The summed E-state index contributed by atoms with van der Waals surface area (Å²) >= 11 is -0.0852. The van der Waals surface area contributed by atoms with Crippen LogP contribution in [0.5, 0.6) is 28.7 Å². The number of benzene rings is 3. The van der Waals surface area contributed by atoms with E-state index in [4.69, 9.17) is 33.5 Å². The summed E-state index contributed by atoms with van der Waals surface area (Å²) in [7, 11) is 7.85. The molecule has 1 aromatic heterocycles. The van der Waals surface area contributed by atoms with Gasteiger partial charge < -0.3 is 0 Å². The van der Waals surface area contributed by atoms with Crippen LogP contribution in [-0.4, -0.2) is 60.7 Å². The van der Waals surface area contributed by atoms with Gasteiger partial charge in [-0.25, -0.2) is 0 Å². The van der Waals surface area contributed by atoms with E-state index >= 15 is 0 Å². The molecule has 0 amide bonds. The minimum atomic E-state index is -0.0852. The molecule has 0 fully saturated rings. The standard InChI is InChI=1S/C28H28N2O6Se/c1-31-22-12-11-19(13-23(22)36-16-18-9-7-6-8-10-18)21-17-37-28(29-21)26(30-35-5)20-14-24(32-2)27(34-4)25(15-20)33-3/h6-15,17H,16H2,1-5H3. The number of ether oxygens (including phenoxy) is 5. The van der Waals surface area contributed by atoms with Gasteiger partial charge in [0.05, 0.1) is 0 Å². The van der Waals surface area contributed by atoms with E-state index in [1.54, 1.807) is 28.4 Å². The molecule has 4 rings (SSSR count). The van der Waals surface area contributed by atoms with Crippen LogP contribution in [0.15, 0.2) is 70.8 Å². The SMILES string of the molecule is CON=C(c1cc(OC)c(OC)c(OC)c1)c1nc(-c2ccc(OC)c(OCc3ccccc3)c2)c[se]1. The molecule has 0 aliphatic carbocycles. The molecule has 0 spiro atoms. The van der Waals surface area contributed by atoms with Crippen molar-refractivity contribution in [2.75, 3.05) is 35.5 Å². The Morgan fingerprint density at radius 1 is 0.784 bits per heavy atom. The predicted molar refractivity (Wildman–Crippen MR) is 143 cm³/mol. The van der Waals surface area contributed by atoms with Gasteiger partial charge in [-0.05, 0) is 0 Å². The molecule has 0 saturated carbocycles. The average Bonchev–Trinajstić information content (AvgIpc) is 3.44. The summed E-state index contributed by atoms with van der Waals surface area (Å²) in [5, 5.41) is 4.29. The zero-order valence-corrected chi connectivity index (χ0v) is 23.0. The monoisotopic (exact) mass is 568 g/mol. The van der Waals surface area contributed by atoms with Crippen molar-refractivity contribution < 1.29 is 28.5 Å². The average molecular weight is 568 g/mol. The van der Waals surface area contributed by atoms with Crippen molar-refractivity contribution in [3.8, 4) is 40.0 Å². The first-order valence-electron chi connectivity index (χ1n) is 11.3. The normalized spacial score (nSPS) is 11.1. The van der Waals surface area contributed by atoms with Crippen LogP contribution in [0, 0.1) is 0 Å². The van der Waals surface area contributed by atoms with Gasteiger partial charge in [0, 0.05) is 0 Å². The number of nitrogens with zero attached hydrogens (tertiary/aromatic N) is 2. The Balaban J connectivity index is 1.67. The second-order valence-corrected chi connectivity index (χ2v) is 9.51. The van der Waals surface area contributed by atoms with Gasteiger partial charge in [-0.15, -0.1) is 0 Å². The fourth-order valence-electron chi connectivity index (χ4n) is 3.72. The first kappa shape index (κ1) is 26.1. The molecule has 0 unspecified atom stereocenters. The van der Waals surface area contributed by atoms with E-state index in [-0.39, 0.29) is 14.5 Å². The van der Waals surface area contributed by atoms with Crippen molar-refractivity contribution in [2.45, 2.75) is 6.61 Å². The van der Waals surface area contributed by atoms with Gasteiger partial charge in [-0.2, -0.15) is 0 Å². The molecule has 8 nitrogen and oxygen atoms in total. The van der Waals surface area contributed by atoms with E-state index in [0.29, 0.717) is 41.1 Å². The molecule has 0 N–H and O–H groups in total. The molecule has 4 aromatic rings. The molecule has 0 saturated heterocycles. The Hall–Kier alpha value is -3.94. The van der Waals surface area contributed by atoms with Crippen molar-refractivity contribution in [3.05, 3.63) is 81.3 Å². The van der Waals surface area contributed by atoms with Crippen molar-refractivity contribution >= 4 is 20.2 Å². The van der Waals surface area contributed by atoms with Crippen LogP contribution in [0.25, 0.3) is 11.3 Å². The van der Waals surface area contributed by atoms with Gasteiger partial charge in [0.2, 0.25) is 0 Å². The Bertz CT molecular complexity index is 1350. The molecule has 192 valence electrons. The van der Waals surface area contributed by atoms with E-state index < -0.39 is 0 Å². The van der Waals surface area contributed by atoms with E-state index in [2.05, 4.69) is 10.1 Å². The summed E-state index contributed by atoms with van der Waals surface area (Å²) < 4.78 is 28.9. The first-order valence-corrected chi connectivity index (χ1v) is 13.2. The summed E-state index contributed by atoms with van der Waals surface area (Å²) in [6, 6.07) is 19.5. The van der Waals surface area contributed by atoms with Gasteiger partial charge in [-0.3, -0.25) is 0 Å². The fourth-order valence-corrected chi connectivity index (χ4v) is 5.46. The molecule has 0 bridgehead atoms. The predicted octanol–water partition coefficient (Wildman–Crippen LogP) is 4.82. The fraction of sp³-hybridized carbons (Fsp3) is 0.214. The summed E-state index contributed by atoms with van der Waals surface area (Å²) in [5.74, 6) is 2.86. The summed E-state index contributed by atoms with van der Waals surface area (Å²) in [4.78, 5) is 12.2. The topological polar surface area (TPSA) is 80.6 Å². The van der Waals surface area contributed by atoms with E-state index in [0.717, 1.165) is 27.0 Å². The van der Waals surface area contributed by atoms with Crippen molar-refractivity contribution in [2.24, 2.45) is 5.16 Å². The van der Waals surface area contributed by atoms with Crippen LogP contribution in [0.2, 0.25) is 0 Å². The third kappa shape index (κ3) is 5.90. The molecular formula is C28H28N2O6Se.